The Labute approximate surface area is 115 Å². The Hall–Kier alpha value is -0.380. The van der Waals surface area contributed by atoms with E-state index in [-0.39, 0.29) is 0 Å². The predicted molar refractivity (Wildman–Crippen MR) is 80.5 cm³/mol. The molecule has 0 amide bonds. The van der Waals surface area contributed by atoms with Gasteiger partial charge in [-0.05, 0) is 65.3 Å². The molecule has 1 aromatic heterocycles. The summed E-state index contributed by atoms with van der Waals surface area (Å²) in [4.78, 5) is 5.48. The average molecular weight is 266 g/mol. The standard InChI is InChI=1S/C15H26N2S/c1-11(17-7-5-6-8-17)10-16-13(3)15-9-12(2)18-14(15)4/h9,11,13,16H,5-8,10H2,1-4H3. The van der Waals surface area contributed by atoms with Gasteiger partial charge in [0.05, 0.1) is 0 Å². The number of hydrogen-bond donors (Lipinski definition) is 1. The molecule has 18 heavy (non-hydrogen) atoms. The fraction of sp³-hybridized carbons (Fsp3) is 0.733. The highest BCUT2D eigenvalue weighted by Crippen LogP contribution is 2.26. The van der Waals surface area contributed by atoms with Crippen LogP contribution in [-0.2, 0) is 0 Å². The van der Waals surface area contributed by atoms with E-state index >= 15 is 0 Å². The van der Waals surface area contributed by atoms with Gasteiger partial charge in [0, 0.05) is 28.4 Å². The zero-order valence-electron chi connectivity index (χ0n) is 12.1. The van der Waals surface area contributed by atoms with Crippen molar-refractivity contribution < 1.29 is 0 Å². The summed E-state index contributed by atoms with van der Waals surface area (Å²) in [5.41, 5.74) is 1.48. The van der Waals surface area contributed by atoms with E-state index in [1.165, 1.54) is 41.2 Å². The lowest BCUT2D eigenvalue weighted by atomic mass is 10.1. The Balaban J connectivity index is 1.84. The highest BCUT2D eigenvalue weighted by Gasteiger charge is 2.19. The van der Waals surface area contributed by atoms with Crippen molar-refractivity contribution >= 4 is 11.3 Å². The second kappa shape index (κ2) is 6.18. The van der Waals surface area contributed by atoms with Gasteiger partial charge in [-0.25, -0.2) is 0 Å². The molecule has 2 heterocycles. The van der Waals surface area contributed by atoms with Crippen molar-refractivity contribution in [3.63, 3.8) is 0 Å². The minimum Gasteiger partial charge on any atom is -0.309 e. The summed E-state index contributed by atoms with van der Waals surface area (Å²) < 4.78 is 0. The molecule has 1 saturated heterocycles. The fourth-order valence-electron chi connectivity index (χ4n) is 2.85. The van der Waals surface area contributed by atoms with Crippen LogP contribution in [0.1, 0.15) is 48.0 Å². The second-order valence-electron chi connectivity index (χ2n) is 5.59. The van der Waals surface area contributed by atoms with Crippen molar-refractivity contribution in [1.29, 1.82) is 0 Å². The van der Waals surface area contributed by atoms with E-state index in [0.717, 1.165) is 6.54 Å². The van der Waals surface area contributed by atoms with Gasteiger partial charge in [0.1, 0.15) is 0 Å². The van der Waals surface area contributed by atoms with Crippen LogP contribution in [0.4, 0.5) is 0 Å². The summed E-state index contributed by atoms with van der Waals surface area (Å²) in [6.45, 7) is 12.7. The van der Waals surface area contributed by atoms with Crippen LogP contribution in [-0.4, -0.2) is 30.6 Å². The molecule has 102 valence electrons. The zero-order chi connectivity index (χ0) is 13.1. The van der Waals surface area contributed by atoms with E-state index in [1.54, 1.807) is 0 Å². The SMILES string of the molecule is Cc1cc(C(C)NCC(C)N2CCCC2)c(C)s1. The summed E-state index contributed by atoms with van der Waals surface area (Å²) in [6.07, 6.45) is 2.76. The third kappa shape index (κ3) is 3.34. The maximum absolute atomic E-state index is 3.69. The largest absolute Gasteiger partial charge is 0.309 e. The molecule has 1 N–H and O–H groups in total. The van der Waals surface area contributed by atoms with Crippen molar-refractivity contribution in [2.24, 2.45) is 0 Å². The van der Waals surface area contributed by atoms with Crippen LogP contribution >= 0.6 is 11.3 Å². The Morgan fingerprint density at radius 2 is 1.94 bits per heavy atom. The van der Waals surface area contributed by atoms with Crippen LogP contribution in [0.5, 0.6) is 0 Å². The molecule has 0 saturated carbocycles. The fourth-order valence-corrected chi connectivity index (χ4v) is 3.87. The predicted octanol–water partition coefficient (Wildman–Crippen LogP) is 3.50. The summed E-state index contributed by atoms with van der Waals surface area (Å²) in [7, 11) is 0. The lowest BCUT2D eigenvalue weighted by molar-refractivity contribution is 0.247. The number of nitrogens with one attached hydrogen (secondary N) is 1. The normalized spacial score (nSPS) is 20.2. The molecule has 0 aromatic carbocycles. The number of aryl methyl sites for hydroxylation is 2. The number of nitrogens with zero attached hydrogens (tertiary/aromatic N) is 1. The molecule has 1 aliphatic rings. The summed E-state index contributed by atoms with van der Waals surface area (Å²) >= 11 is 1.91. The summed E-state index contributed by atoms with van der Waals surface area (Å²) in [5.74, 6) is 0. The maximum Gasteiger partial charge on any atom is 0.0303 e. The van der Waals surface area contributed by atoms with Crippen molar-refractivity contribution in [3.05, 3.63) is 21.4 Å². The lowest BCUT2D eigenvalue weighted by Crippen LogP contribution is -2.39. The molecule has 1 fully saturated rings. The molecule has 1 aromatic rings. The number of likely N-dealkylation sites (tertiary alicyclic amines) is 1. The molecular formula is C15H26N2S. The molecule has 2 nitrogen and oxygen atoms in total. The Kier molecular flexibility index (Phi) is 4.82. The minimum atomic E-state index is 0.472. The molecule has 3 heteroatoms. The topological polar surface area (TPSA) is 15.3 Å². The highest BCUT2D eigenvalue weighted by molar-refractivity contribution is 7.12. The van der Waals surface area contributed by atoms with Crippen LogP contribution < -0.4 is 5.32 Å². The molecular weight excluding hydrogens is 240 g/mol. The summed E-state index contributed by atoms with van der Waals surface area (Å²) in [5, 5.41) is 3.69. The Morgan fingerprint density at radius 1 is 1.28 bits per heavy atom. The molecule has 0 bridgehead atoms. The van der Waals surface area contributed by atoms with Crippen molar-refractivity contribution in [1.82, 2.24) is 10.2 Å². The van der Waals surface area contributed by atoms with E-state index in [9.17, 15) is 0 Å². The van der Waals surface area contributed by atoms with Gasteiger partial charge < -0.3 is 5.32 Å². The first-order chi connectivity index (χ1) is 8.58. The third-order valence-electron chi connectivity index (χ3n) is 4.03. The van der Waals surface area contributed by atoms with Gasteiger partial charge in [-0.15, -0.1) is 11.3 Å². The minimum absolute atomic E-state index is 0.472. The maximum atomic E-state index is 3.69. The highest BCUT2D eigenvalue weighted by atomic mass is 32.1. The van der Waals surface area contributed by atoms with E-state index in [4.69, 9.17) is 0 Å². The lowest BCUT2D eigenvalue weighted by Gasteiger charge is -2.25. The first kappa shape index (κ1) is 14.0. The van der Waals surface area contributed by atoms with E-state index in [0.29, 0.717) is 12.1 Å². The van der Waals surface area contributed by atoms with Gasteiger partial charge in [0.2, 0.25) is 0 Å². The van der Waals surface area contributed by atoms with Crippen LogP contribution in [0.15, 0.2) is 6.07 Å². The van der Waals surface area contributed by atoms with Gasteiger partial charge in [-0.2, -0.15) is 0 Å². The van der Waals surface area contributed by atoms with Crippen molar-refractivity contribution in [2.75, 3.05) is 19.6 Å². The van der Waals surface area contributed by atoms with E-state index < -0.39 is 0 Å². The van der Waals surface area contributed by atoms with Crippen molar-refractivity contribution in [2.45, 2.75) is 52.6 Å². The van der Waals surface area contributed by atoms with Crippen molar-refractivity contribution in [3.8, 4) is 0 Å². The molecule has 1 aliphatic heterocycles. The summed E-state index contributed by atoms with van der Waals surface area (Å²) in [6, 6.07) is 3.47. The zero-order valence-corrected chi connectivity index (χ0v) is 12.9. The van der Waals surface area contributed by atoms with Crippen LogP contribution in [0.3, 0.4) is 0 Å². The van der Waals surface area contributed by atoms with Crippen LogP contribution in [0.25, 0.3) is 0 Å². The third-order valence-corrected chi connectivity index (χ3v) is 5.01. The van der Waals surface area contributed by atoms with Gasteiger partial charge in [-0.3, -0.25) is 4.90 Å². The van der Waals surface area contributed by atoms with Gasteiger partial charge >= 0.3 is 0 Å². The van der Waals surface area contributed by atoms with E-state index in [1.807, 2.05) is 11.3 Å². The van der Waals surface area contributed by atoms with Gasteiger partial charge in [0.15, 0.2) is 0 Å². The molecule has 2 atom stereocenters. The molecule has 0 spiro atoms. The molecule has 0 radical (unpaired) electrons. The first-order valence-electron chi connectivity index (χ1n) is 7.12. The molecule has 0 aliphatic carbocycles. The average Bonchev–Trinajstić information content (AvgIpc) is 2.95. The van der Waals surface area contributed by atoms with Gasteiger partial charge in [0.25, 0.3) is 0 Å². The first-order valence-corrected chi connectivity index (χ1v) is 7.94. The van der Waals surface area contributed by atoms with E-state index in [2.05, 4.69) is 44.0 Å². The quantitative estimate of drug-likeness (QED) is 0.877. The number of hydrogen-bond acceptors (Lipinski definition) is 3. The van der Waals surface area contributed by atoms with Gasteiger partial charge in [-0.1, -0.05) is 0 Å². The second-order valence-corrected chi connectivity index (χ2v) is 7.05. The Bertz CT molecular complexity index is 380. The molecule has 2 unspecified atom stereocenters. The monoisotopic (exact) mass is 266 g/mol. The molecule has 2 rings (SSSR count). The van der Waals surface area contributed by atoms with Crippen LogP contribution in [0, 0.1) is 13.8 Å². The number of thiophene rings is 1. The smallest absolute Gasteiger partial charge is 0.0303 e. The Morgan fingerprint density at radius 3 is 2.50 bits per heavy atom. The number of rotatable bonds is 5. The van der Waals surface area contributed by atoms with Crippen LogP contribution in [0.2, 0.25) is 0 Å².